The number of carboxylic acid groups (broad SMARTS) is 1. The molecular weight excluding hydrogens is 270 g/mol. The summed E-state index contributed by atoms with van der Waals surface area (Å²) in [5.41, 5.74) is 6.60. The Morgan fingerprint density at radius 1 is 1.24 bits per heavy atom. The molecule has 0 saturated carbocycles. The maximum absolute atomic E-state index is 11.8. The third-order valence-corrected chi connectivity index (χ3v) is 3.69. The van der Waals surface area contributed by atoms with Crippen LogP contribution >= 0.6 is 0 Å². The van der Waals surface area contributed by atoms with Crippen LogP contribution in [0.2, 0.25) is 0 Å². The van der Waals surface area contributed by atoms with E-state index in [0.717, 1.165) is 11.1 Å². The molecule has 0 amide bonds. The van der Waals surface area contributed by atoms with Crippen LogP contribution in [0.25, 0.3) is 0 Å². The number of carboxylic acids is 1. The molecule has 0 aromatic heterocycles. The molecule has 1 rings (SSSR count). The number of hydrogen-bond donors (Lipinski definition) is 2. The van der Waals surface area contributed by atoms with Crippen molar-refractivity contribution >= 4 is 5.97 Å². The lowest BCUT2D eigenvalue weighted by Crippen LogP contribution is -2.43. The summed E-state index contributed by atoms with van der Waals surface area (Å²) < 4.78 is 10.3. The molecule has 0 heterocycles. The maximum Gasteiger partial charge on any atom is 0.315 e. The zero-order valence-corrected chi connectivity index (χ0v) is 12.8. The number of nitrogens with two attached hydrogens (primary N) is 1. The number of methoxy groups -OCH3 is 1. The predicted octanol–water partition coefficient (Wildman–Crippen LogP) is 1.72. The van der Waals surface area contributed by atoms with Crippen LogP contribution in [0.4, 0.5) is 0 Å². The Morgan fingerprint density at radius 2 is 1.90 bits per heavy atom. The summed E-state index contributed by atoms with van der Waals surface area (Å²) in [6, 6.07) is 7.53. The van der Waals surface area contributed by atoms with Gasteiger partial charge in [-0.1, -0.05) is 29.8 Å². The molecular formula is C16H25NO4. The summed E-state index contributed by atoms with van der Waals surface area (Å²) >= 11 is 0. The maximum atomic E-state index is 11.8. The number of hydrogen-bond acceptors (Lipinski definition) is 4. The minimum Gasteiger partial charge on any atom is -0.481 e. The van der Waals surface area contributed by atoms with Crippen LogP contribution in [0.3, 0.4) is 0 Å². The Hall–Kier alpha value is -1.43. The van der Waals surface area contributed by atoms with Gasteiger partial charge in [-0.2, -0.15) is 0 Å². The molecule has 1 aromatic rings. The average Bonchev–Trinajstić information content (AvgIpc) is 2.48. The van der Waals surface area contributed by atoms with E-state index in [2.05, 4.69) is 0 Å². The van der Waals surface area contributed by atoms with Crippen molar-refractivity contribution in [2.75, 3.05) is 33.5 Å². The van der Waals surface area contributed by atoms with E-state index < -0.39 is 11.4 Å². The van der Waals surface area contributed by atoms with Crippen LogP contribution in [-0.4, -0.2) is 44.6 Å². The van der Waals surface area contributed by atoms with E-state index in [1.807, 2.05) is 31.2 Å². The number of ether oxygens (including phenoxy) is 2. The fraction of sp³-hybridized carbons (Fsp3) is 0.562. The molecule has 1 aromatic carbocycles. The van der Waals surface area contributed by atoms with Gasteiger partial charge in [0.2, 0.25) is 0 Å². The summed E-state index contributed by atoms with van der Waals surface area (Å²) in [4.78, 5) is 11.8. The lowest BCUT2D eigenvalue weighted by molar-refractivity contribution is -0.144. The van der Waals surface area contributed by atoms with Crippen molar-refractivity contribution in [2.24, 2.45) is 5.73 Å². The van der Waals surface area contributed by atoms with Crippen LogP contribution in [-0.2, 0) is 19.7 Å². The Balaban J connectivity index is 2.71. The SMILES string of the molecule is COCCOCCCC(CN)(C(=O)O)c1ccc(C)cc1. The molecule has 3 N–H and O–H groups in total. The first-order chi connectivity index (χ1) is 10.1. The minimum absolute atomic E-state index is 0.0729. The zero-order chi connectivity index (χ0) is 15.7. The smallest absolute Gasteiger partial charge is 0.315 e. The Labute approximate surface area is 126 Å². The van der Waals surface area contributed by atoms with Crippen LogP contribution in [0, 0.1) is 6.92 Å². The Kier molecular flexibility index (Phi) is 7.36. The quantitative estimate of drug-likeness (QED) is 0.642. The highest BCUT2D eigenvalue weighted by Crippen LogP contribution is 2.29. The van der Waals surface area contributed by atoms with Gasteiger partial charge in [-0.3, -0.25) is 4.79 Å². The normalized spacial score (nSPS) is 13.9. The molecule has 0 fully saturated rings. The van der Waals surface area contributed by atoms with Gasteiger partial charge in [0.15, 0.2) is 0 Å². The van der Waals surface area contributed by atoms with E-state index in [1.54, 1.807) is 7.11 Å². The summed E-state index contributed by atoms with van der Waals surface area (Å²) in [5.74, 6) is -0.884. The summed E-state index contributed by atoms with van der Waals surface area (Å²) in [5, 5.41) is 9.65. The molecule has 0 aliphatic heterocycles. The number of rotatable bonds is 10. The lowest BCUT2D eigenvalue weighted by atomic mass is 9.76. The molecule has 0 bridgehead atoms. The number of benzene rings is 1. The topological polar surface area (TPSA) is 81.8 Å². The summed E-state index contributed by atoms with van der Waals surface area (Å²) in [6.45, 7) is 3.61. The van der Waals surface area contributed by atoms with Crippen molar-refractivity contribution < 1.29 is 19.4 Å². The lowest BCUT2D eigenvalue weighted by Gasteiger charge is -2.28. The van der Waals surface area contributed by atoms with Crippen molar-refractivity contribution in [3.8, 4) is 0 Å². The van der Waals surface area contributed by atoms with Gasteiger partial charge in [0.25, 0.3) is 0 Å². The highest BCUT2D eigenvalue weighted by molar-refractivity contribution is 5.81. The van der Waals surface area contributed by atoms with Gasteiger partial charge in [-0.15, -0.1) is 0 Å². The predicted molar refractivity (Wildman–Crippen MR) is 81.5 cm³/mol. The Bertz CT molecular complexity index is 432. The van der Waals surface area contributed by atoms with Crippen LogP contribution < -0.4 is 5.73 Å². The highest BCUT2D eigenvalue weighted by Gasteiger charge is 2.38. The van der Waals surface area contributed by atoms with Crippen molar-refractivity contribution in [3.63, 3.8) is 0 Å². The van der Waals surface area contributed by atoms with Gasteiger partial charge in [0.1, 0.15) is 5.41 Å². The third-order valence-electron chi connectivity index (χ3n) is 3.69. The fourth-order valence-electron chi connectivity index (χ4n) is 2.27. The van der Waals surface area contributed by atoms with Gasteiger partial charge >= 0.3 is 5.97 Å². The molecule has 0 saturated heterocycles. The van der Waals surface area contributed by atoms with Crippen LogP contribution in [0.5, 0.6) is 0 Å². The molecule has 5 nitrogen and oxygen atoms in total. The molecule has 0 spiro atoms. The van der Waals surface area contributed by atoms with Gasteiger partial charge < -0.3 is 20.3 Å². The largest absolute Gasteiger partial charge is 0.481 e. The monoisotopic (exact) mass is 295 g/mol. The van der Waals surface area contributed by atoms with E-state index in [-0.39, 0.29) is 6.54 Å². The standard InChI is InChI=1S/C16H25NO4/c1-13-4-6-14(7-5-13)16(12-17,15(18)19)8-3-9-21-11-10-20-2/h4-7H,3,8-12,17H2,1-2H3,(H,18,19). The van der Waals surface area contributed by atoms with E-state index in [4.69, 9.17) is 15.2 Å². The molecule has 0 aliphatic rings. The van der Waals surface area contributed by atoms with Crippen LogP contribution in [0.15, 0.2) is 24.3 Å². The zero-order valence-electron chi connectivity index (χ0n) is 12.8. The molecule has 1 atom stereocenters. The first-order valence-corrected chi connectivity index (χ1v) is 7.14. The van der Waals surface area contributed by atoms with E-state index >= 15 is 0 Å². The average molecular weight is 295 g/mol. The van der Waals surface area contributed by atoms with Crippen molar-refractivity contribution in [1.82, 2.24) is 0 Å². The molecule has 5 heteroatoms. The van der Waals surface area contributed by atoms with Crippen molar-refractivity contribution in [3.05, 3.63) is 35.4 Å². The number of carbonyl (C=O) groups is 1. The van der Waals surface area contributed by atoms with E-state index in [1.165, 1.54) is 0 Å². The van der Waals surface area contributed by atoms with Gasteiger partial charge in [0.05, 0.1) is 13.2 Å². The van der Waals surface area contributed by atoms with E-state index in [0.29, 0.717) is 32.7 Å². The van der Waals surface area contributed by atoms with Gasteiger partial charge in [-0.05, 0) is 25.3 Å². The van der Waals surface area contributed by atoms with Crippen molar-refractivity contribution in [1.29, 1.82) is 0 Å². The van der Waals surface area contributed by atoms with Gasteiger partial charge in [0, 0.05) is 20.3 Å². The molecule has 1 unspecified atom stereocenters. The molecule has 0 radical (unpaired) electrons. The fourth-order valence-corrected chi connectivity index (χ4v) is 2.27. The van der Waals surface area contributed by atoms with E-state index in [9.17, 15) is 9.90 Å². The second-order valence-corrected chi connectivity index (χ2v) is 5.17. The Morgan fingerprint density at radius 3 is 2.43 bits per heavy atom. The summed E-state index contributed by atoms with van der Waals surface area (Å²) in [6.07, 6.45) is 1.09. The second kappa shape index (κ2) is 8.77. The first kappa shape index (κ1) is 17.6. The molecule has 21 heavy (non-hydrogen) atoms. The number of aliphatic carboxylic acids is 1. The number of aryl methyl sites for hydroxylation is 1. The second-order valence-electron chi connectivity index (χ2n) is 5.17. The van der Waals surface area contributed by atoms with Crippen LogP contribution in [0.1, 0.15) is 24.0 Å². The first-order valence-electron chi connectivity index (χ1n) is 7.14. The molecule has 118 valence electrons. The van der Waals surface area contributed by atoms with Gasteiger partial charge in [-0.25, -0.2) is 0 Å². The highest BCUT2D eigenvalue weighted by atomic mass is 16.5. The molecule has 0 aliphatic carbocycles. The third kappa shape index (κ3) is 4.81. The summed E-state index contributed by atoms with van der Waals surface area (Å²) in [7, 11) is 1.62. The minimum atomic E-state index is -1.04. The van der Waals surface area contributed by atoms with Crippen molar-refractivity contribution in [2.45, 2.75) is 25.2 Å².